The Kier molecular flexibility index (Phi) is 4.25. The molecule has 0 spiro atoms. The van der Waals surface area contributed by atoms with Crippen molar-refractivity contribution in [2.75, 3.05) is 0 Å². The van der Waals surface area contributed by atoms with E-state index < -0.39 is 13.1 Å². The number of allylic oxidation sites excluding steroid dienone is 1. The van der Waals surface area contributed by atoms with Crippen molar-refractivity contribution in [1.82, 2.24) is 0 Å². The van der Waals surface area contributed by atoms with Crippen LogP contribution in [0.4, 0.5) is 0 Å². The van der Waals surface area contributed by atoms with Crippen molar-refractivity contribution in [3.05, 3.63) is 12.7 Å². The molecule has 4 heteroatoms. The van der Waals surface area contributed by atoms with Crippen molar-refractivity contribution in [2.24, 2.45) is 0 Å². The Morgan fingerprint density at radius 1 is 2.00 bits per heavy atom. The van der Waals surface area contributed by atoms with Gasteiger partial charge in [-0.05, 0) is 6.42 Å². The zero-order chi connectivity index (χ0) is 6.57. The van der Waals surface area contributed by atoms with Crippen LogP contribution in [-0.4, -0.2) is 10.0 Å². The molecule has 0 rings (SSSR count). The summed E-state index contributed by atoms with van der Waals surface area (Å²) in [6.45, 7) is 3.36. The van der Waals surface area contributed by atoms with Gasteiger partial charge in [-0.2, -0.15) is 0 Å². The lowest BCUT2D eigenvalue weighted by Crippen LogP contribution is -1.85. The van der Waals surface area contributed by atoms with E-state index in [1.54, 1.807) is 0 Å². The van der Waals surface area contributed by atoms with E-state index in [1.165, 1.54) is 6.08 Å². The highest BCUT2D eigenvalue weighted by Crippen LogP contribution is 2.28. The number of alkyl halides is 1. The summed E-state index contributed by atoms with van der Waals surface area (Å²) in [5, 5.41) is -0.627. The van der Waals surface area contributed by atoms with Crippen LogP contribution in [0.2, 0.25) is 0 Å². The molecule has 2 nitrogen and oxygen atoms in total. The predicted molar refractivity (Wildman–Crippen MR) is 35.7 cm³/mol. The van der Waals surface area contributed by atoms with Gasteiger partial charge in [-0.15, -0.1) is 18.2 Å². The van der Waals surface area contributed by atoms with Gasteiger partial charge in [0.2, 0.25) is 8.03 Å². The van der Waals surface area contributed by atoms with Gasteiger partial charge in [0.05, 0.1) is 0 Å². The van der Waals surface area contributed by atoms with Gasteiger partial charge in [-0.3, -0.25) is 4.57 Å². The maximum absolute atomic E-state index is 10.1. The van der Waals surface area contributed by atoms with Crippen molar-refractivity contribution in [2.45, 2.75) is 11.5 Å². The van der Waals surface area contributed by atoms with E-state index in [0.29, 0.717) is 6.42 Å². The maximum Gasteiger partial charge on any atom is 0.206 e. The Morgan fingerprint density at radius 3 is 2.62 bits per heavy atom. The maximum atomic E-state index is 10.1. The second-order valence-corrected chi connectivity index (χ2v) is 3.60. The highest BCUT2D eigenvalue weighted by atomic mass is 35.5. The molecule has 0 saturated heterocycles. The molecule has 0 aromatic carbocycles. The Labute approximate surface area is 54.0 Å². The standard InChI is InChI=1S/C4H8ClO2P/c1-2-3-4(5)8(6)7/h2,4,8H,1,3H2,(H,6,7). The molecule has 1 N–H and O–H groups in total. The molecular weight excluding hydrogens is 146 g/mol. The summed E-state index contributed by atoms with van der Waals surface area (Å²) < 4.78 is 10.1. The molecule has 0 aromatic rings. The second-order valence-electron chi connectivity index (χ2n) is 1.33. The number of hydrogen-bond acceptors (Lipinski definition) is 1. The molecule has 0 amide bonds. The Bertz CT molecular complexity index is 104. The lowest BCUT2D eigenvalue weighted by molar-refractivity contribution is 0.499. The molecule has 0 bridgehead atoms. The molecule has 0 saturated carbocycles. The third-order valence-electron chi connectivity index (χ3n) is 0.642. The van der Waals surface area contributed by atoms with E-state index in [4.69, 9.17) is 16.5 Å². The third-order valence-corrected chi connectivity index (χ3v) is 2.15. The van der Waals surface area contributed by atoms with E-state index >= 15 is 0 Å². The van der Waals surface area contributed by atoms with Crippen LogP contribution in [0, 0.1) is 0 Å². The van der Waals surface area contributed by atoms with Gasteiger partial charge in [0.25, 0.3) is 0 Å². The van der Waals surface area contributed by atoms with Crippen LogP contribution >= 0.6 is 19.6 Å². The minimum Gasteiger partial charge on any atom is -0.345 e. The molecular formula is C4H8ClO2P. The van der Waals surface area contributed by atoms with Crippen LogP contribution < -0.4 is 0 Å². The van der Waals surface area contributed by atoms with Gasteiger partial charge in [0.1, 0.15) is 5.12 Å². The normalized spacial score (nSPS) is 17.2. The molecule has 0 aromatic heterocycles. The quantitative estimate of drug-likeness (QED) is 0.381. The SMILES string of the molecule is C=CCC(Cl)[PH](=O)O. The van der Waals surface area contributed by atoms with Crippen molar-refractivity contribution in [3.63, 3.8) is 0 Å². The molecule has 0 aliphatic carbocycles. The van der Waals surface area contributed by atoms with Crippen molar-refractivity contribution < 1.29 is 9.46 Å². The number of hydrogen-bond donors (Lipinski definition) is 1. The molecule has 0 aliphatic heterocycles. The average molecular weight is 155 g/mol. The Hall–Kier alpha value is 0.220. The Morgan fingerprint density at radius 2 is 2.50 bits per heavy atom. The van der Waals surface area contributed by atoms with Crippen LogP contribution in [-0.2, 0) is 4.57 Å². The first-order valence-electron chi connectivity index (χ1n) is 2.16. The van der Waals surface area contributed by atoms with E-state index in [0.717, 1.165) is 0 Å². The van der Waals surface area contributed by atoms with Gasteiger partial charge < -0.3 is 4.89 Å². The van der Waals surface area contributed by atoms with Crippen LogP contribution in [0.3, 0.4) is 0 Å². The molecule has 0 fully saturated rings. The lowest BCUT2D eigenvalue weighted by atomic mass is 10.5. The summed E-state index contributed by atoms with van der Waals surface area (Å²) in [4.78, 5) is 8.32. The summed E-state index contributed by atoms with van der Waals surface area (Å²) in [6.07, 6.45) is 1.92. The van der Waals surface area contributed by atoms with E-state index in [1.807, 2.05) is 0 Å². The molecule has 2 atom stereocenters. The van der Waals surface area contributed by atoms with Gasteiger partial charge >= 0.3 is 0 Å². The smallest absolute Gasteiger partial charge is 0.206 e. The first-order chi connectivity index (χ1) is 3.68. The van der Waals surface area contributed by atoms with Gasteiger partial charge in [0.15, 0.2) is 0 Å². The van der Waals surface area contributed by atoms with Gasteiger partial charge in [-0.25, -0.2) is 0 Å². The second kappa shape index (κ2) is 4.13. The first-order valence-corrected chi connectivity index (χ1v) is 4.03. The van der Waals surface area contributed by atoms with Crippen LogP contribution in [0.15, 0.2) is 12.7 Å². The van der Waals surface area contributed by atoms with Crippen molar-refractivity contribution in [1.29, 1.82) is 0 Å². The molecule has 0 aliphatic rings. The van der Waals surface area contributed by atoms with Crippen molar-refractivity contribution in [3.8, 4) is 0 Å². The van der Waals surface area contributed by atoms with Gasteiger partial charge in [-0.1, -0.05) is 6.08 Å². The predicted octanol–water partition coefficient (Wildman–Crippen LogP) is 1.59. The van der Waals surface area contributed by atoms with Crippen LogP contribution in [0.25, 0.3) is 0 Å². The minimum absolute atomic E-state index is 0.399. The van der Waals surface area contributed by atoms with E-state index in [2.05, 4.69) is 6.58 Å². The van der Waals surface area contributed by atoms with Gasteiger partial charge in [0, 0.05) is 0 Å². The zero-order valence-electron chi connectivity index (χ0n) is 4.30. The average Bonchev–Trinajstić information content (AvgIpc) is 1.67. The largest absolute Gasteiger partial charge is 0.345 e. The van der Waals surface area contributed by atoms with Crippen LogP contribution in [0.1, 0.15) is 6.42 Å². The van der Waals surface area contributed by atoms with Crippen molar-refractivity contribution >= 4 is 19.6 Å². The summed E-state index contributed by atoms with van der Waals surface area (Å²) in [7, 11) is -2.53. The monoisotopic (exact) mass is 154 g/mol. The summed E-state index contributed by atoms with van der Waals surface area (Å²) >= 11 is 5.33. The fourth-order valence-corrected chi connectivity index (χ4v) is 0.741. The van der Waals surface area contributed by atoms with E-state index in [-0.39, 0.29) is 0 Å². The van der Waals surface area contributed by atoms with E-state index in [9.17, 15) is 4.57 Å². The summed E-state index contributed by atoms with van der Waals surface area (Å²) in [6, 6.07) is 0. The molecule has 0 radical (unpaired) electrons. The fourth-order valence-electron chi connectivity index (χ4n) is 0.247. The minimum atomic E-state index is -2.53. The summed E-state index contributed by atoms with van der Waals surface area (Å²) in [5.41, 5.74) is 0. The topological polar surface area (TPSA) is 37.3 Å². The number of rotatable bonds is 3. The summed E-state index contributed by atoms with van der Waals surface area (Å²) in [5.74, 6) is 0. The molecule has 48 valence electrons. The highest BCUT2D eigenvalue weighted by Gasteiger charge is 2.05. The third kappa shape index (κ3) is 3.25. The zero-order valence-corrected chi connectivity index (χ0v) is 6.06. The Balaban J connectivity index is 3.46. The first kappa shape index (κ1) is 8.22. The molecule has 8 heavy (non-hydrogen) atoms. The lowest BCUT2D eigenvalue weighted by Gasteiger charge is -1.97. The molecule has 2 unspecified atom stereocenters. The molecule has 0 heterocycles. The number of halogens is 1. The van der Waals surface area contributed by atoms with Crippen LogP contribution in [0.5, 0.6) is 0 Å². The fraction of sp³-hybridized carbons (Fsp3) is 0.500. The highest BCUT2D eigenvalue weighted by molar-refractivity contribution is 7.41.